The normalized spacial score (nSPS) is 25.3. The average Bonchev–Trinajstić information content (AvgIpc) is 2.87. The Bertz CT molecular complexity index is 357. The second kappa shape index (κ2) is 8.37. The third-order valence-corrected chi connectivity index (χ3v) is 4.49. The summed E-state index contributed by atoms with van der Waals surface area (Å²) in [7, 11) is 3.97. The van der Waals surface area contributed by atoms with Crippen LogP contribution in [0.2, 0.25) is 0 Å². The van der Waals surface area contributed by atoms with Gasteiger partial charge in [0, 0.05) is 19.6 Å². The molecule has 0 aromatic heterocycles. The summed E-state index contributed by atoms with van der Waals surface area (Å²) in [6.07, 6.45) is 3.24. The van der Waals surface area contributed by atoms with Crippen molar-refractivity contribution in [1.82, 2.24) is 9.80 Å². The molecule has 1 aliphatic carbocycles. The van der Waals surface area contributed by atoms with E-state index >= 15 is 0 Å². The summed E-state index contributed by atoms with van der Waals surface area (Å²) < 4.78 is 0. The number of carbonyl (C=O) groups excluding carboxylic acids is 1. The molecular weight excluding hydrogens is 268 g/mol. The first-order chi connectivity index (χ1) is 9.90. The number of amides is 1. The molecule has 0 bridgehead atoms. The van der Waals surface area contributed by atoms with E-state index in [9.17, 15) is 14.7 Å². The number of hydrogen-bond donors (Lipinski definition) is 1. The summed E-state index contributed by atoms with van der Waals surface area (Å²) in [6.45, 7) is 6.33. The van der Waals surface area contributed by atoms with Crippen molar-refractivity contribution in [2.75, 3.05) is 33.7 Å². The van der Waals surface area contributed by atoms with Crippen molar-refractivity contribution in [3.8, 4) is 0 Å². The molecule has 122 valence electrons. The Kier molecular flexibility index (Phi) is 7.15. The highest BCUT2D eigenvalue weighted by Gasteiger charge is 2.43. The Labute approximate surface area is 128 Å². The van der Waals surface area contributed by atoms with Crippen LogP contribution in [-0.2, 0) is 9.59 Å². The number of carboxylic acid groups (broad SMARTS) is 1. The number of hydrogen-bond acceptors (Lipinski definition) is 3. The van der Waals surface area contributed by atoms with Gasteiger partial charge in [-0.3, -0.25) is 9.59 Å². The smallest absolute Gasteiger partial charge is 0.307 e. The molecule has 1 N–H and O–H groups in total. The van der Waals surface area contributed by atoms with Crippen LogP contribution in [0.15, 0.2) is 0 Å². The molecule has 5 nitrogen and oxygen atoms in total. The molecule has 0 aromatic rings. The second-order valence-electron chi connectivity index (χ2n) is 6.43. The zero-order chi connectivity index (χ0) is 16.0. The van der Waals surface area contributed by atoms with E-state index in [1.165, 1.54) is 0 Å². The molecule has 0 heterocycles. The van der Waals surface area contributed by atoms with Crippen molar-refractivity contribution in [2.24, 2.45) is 17.8 Å². The molecule has 0 aromatic carbocycles. The van der Waals surface area contributed by atoms with Crippen molar-refractivity contribution >= 4 is 11.9 Å². The van der Waals surface area contributed by atoms with Crippen LogP contribution in [0.3, 0.4) is 0 Å². The van der Waals surface area contributed by atoms with Gasteiger partial charge in [0.2, 0.25) is 5.91 Å². The van der Waals surface area contributed by atoms with Crippen LogP contribution in [-0.4, -0.2) is 60.5 Å². The number of carbonyl (C=O) groups is 2. The van der Waals surface area contributed by atoms with Gasteiger partial charge >= 0.3 is 5.97 Å². The van der Waals surface area contributed by atoms with Crippen LogP contribution in [0, 0.1) is 17.8 Å². The molecule has 3 atom stereocenters. The minimum Gasteiger partial charge on any atom is -0.481 e. The fourth-order valence-electron chi connectivity index (χ4n) is 3.18. The third-order valence-electron chi connectivity index (χ3n) is 4.49. The van der Waals surface area contributed by atoms with Gasteiger partial charge in [-0.2, -0.15) is 0 Å². The van der Waals surface area contributed by atoms with Crippen molar-refractivity contribution in [3.05, 3.63) is 0 Å². The lowest BCUT2D eigenvalue weighted by Gasteiger charge is -2.28. The molecule has 0 aliphatic heterocycles. The molecule has 1 fully saturated rings. The molecule has 0 radical (unpaired) electrons. The van der Waals surface area contributed by atoms with Gasteiger partial charge in [0.1, 0.15) is 0 Å². The Morgan fingerprint density at radius 2 is 1.67 bits per heavy atom. The number of nitrogens with zero attached hydrogens (tertiary/aromatic N) is 2. The van der Waals surface area contributed by atoms with E-state index in [1.807, 2.05) is 30.8 Å². The van der Waals surface area contributed by atoms with Crippen molar-refractivity contribution in [3.63, 3.8) is 0 Å². The highest BCUT2D eigenvalue weighted by atomic mass is 16.4. The standard InChI is InChI=1S/C16H30N2O3/c1-5-7-18(9-8-17(3)4)15(19)13-10-12(6-2)11-14(13)16(20)21/h12-14H,5-11H2,1-4H3,(H,20,21). The van der Waals surface area contributed by atoms with Gasteiger partial charge in [-0.25, -0.2) is 0 Å². The van der Waals surface area contributed by atoms with Crippen LogP contribution in [0.1, 0.15) is 39.5 Å². The lowest BCUT2D eigenvalue weighted by molar-refractivity contribution is -0.149. The van der Waals surface area contributed by atoms with E-state index in [1.54, 1.807) is 0 Å². The molecule has 1 rings (SSSR count). The highest BCUT2D eigenvalue weighted by Crippen LogP contribution is 2.39. The quantitative estimate of drug-likeness (QED) is 0.744. The minimum atomic E-state index is -0.812. The topological polar surface area (TPSA) is 60.9 Å². The summed E-state index contributed by atoms with van der Waals surface area (Å²) in [4.78, 5) is 28.1. The third kappa shape index (κ3) is 4.99. The molecule has 1 aliphatic rings. The zero-order valence-corrected chi connectivity index (χ0v) is 13.8. The number of carboxylic acids is 1. The summed E-state index contributed by atoms with van der Waals surface area (Å²) in [6, 6.07) is 0. The first-order valence-corrected chi connectivity index (χ1v) is 8.06. The van der Waals surface area contributed by atoms with Gasteiger partial charge < -0.3 is 14.9 Å². The van der Waals surface area contributed by atoms with Crippen LogP contribution in [0.4, 0.5) is 0 Å². The first kappa shape index (κ1) is 18.0. The molecule has 1 amide bonds. The Morgan fingerprint density at radius 3 is 2.14 bits per heavy atom. The van der Waals surface area contributed by atoms with Gasteiger partial charge in [0.15, 0.2) is 0 Å². The fraction of sp³-hybridized carbons (Fsp3) is 0.875. The van der Waals surface area contributed by atoms with E-state index in [0.717, 1.165) is 25.8 Å². The maximum absolute atomic E-state index is 12.8. The van der Waals surface area contributed by atoms with Gasteiger partial charge in [-0.15, -0.1) is 0 Å². The monoisotopic (exact) mass is 298 g/mol. The van der Waals surface area contributed by atoms with Crippen LogP contribution >= 0.6 is 0 Å². The Balaban J connectivity index is 2.77. The van der Waals surface area contributed by atoms with E-state index in [0.29, 0.717) is 25.4 Å². The predicted octanol–water partition coefficient (Wildman–Crippen LogP) is 1.92. The number of aliphatic carboxylic acids is 1. The SMILES string of the molecule is CCCN(CCN(C)C)C(=O)C1CC(CC)CC1C(=O)O. The Morgan fingerprint density at radius 1 is 1.05 bits per heavy atom. The van der Waals surface area contributed by atoms with E-state index in [4.69, 9.17) is 0 Å². The van der Waals surface area contributed by atoms with E-state index in [2.05, 4.69) is 6.92 Å². The highest BCUT2D eigenvalue weighted by molar-refractivity contribution is 5.85. The number of likely N-dealkylation sites (N-methyl/N-ethyl adjacent to an activating group) is 1. The minimum absolute atomic E-state index is 0.0436. The van der Waals surface area contributed by atoms with Gasteiger partial charge in [-0.05, 0) is 39.3 Å². The van der Waals surface area contributed by atoms with Gasteiger partial charge in [-0.1, -0.05) is 20.3 Å². The van der Waals surface area contributed by atoms with E-state index < -0.39 is 11.9 Å². The van der Waals surface area contributed by atoms with Gasteiger partial charge in [0.05, 0.1) is 11.8 Å². The summed E-state index contributed by atoms with van der Waals surface area (Å²) in [5.74, 6) is -1.23. The Hall–Kier alpha value is -1.10. The zero-order valence-electron chi connectivity index (χ0n) is 13.8. The molecule has 0 saturated heterocycles. The summed E-state index contributed by atoms with van der Waals surface area (Å²) >= 11 is 0. The van der Waals surface area contributed by atoms with Crippen LogP contribution < -0.4 is 0 Å². The predicted molar refractivity (Wildman–Crippen MR) is 83.1 cm³/mol. The van der Waals surface area contributed by atoms with Crippen LogP contribution in [0.5, 0.6) is 0 Å². The molecule has 21 heavy (non-hydrogen) atoms. The van der Waals surface area contributed by atoms with Gasteiger partial charge in [0.25, 0.3) is 0 Å². The average molecular weight is 298 g/mol. The molecule has 5 heteroatoms. The molecule has 0 spiro atoms. The maximum atomic E-state index is 12.8. The summed E-state index contributed by atoms with van der Waals surface area (Å²) in [5, 5.41) is 9.40. The lowest BCUT2D eigenvalue weighted by Crippen LogP contribution is -2.42. The molecule has 3 unspecified atom stereocenters. The van der Waals surface area contributed by atoms with Crippen molar-refractivity contribution in [1.29, 1.82) is 0 Å². The van der Waals surface area contributed by atoms with Crippen molar-refractivity contribution < 1.29 is 14.7 Å². The second-order valence-corrected chi connectivity index (χ2v) is 6.43. The first-order valence-electron chi connectivity index (χ1n) is 8.06. The summed E-state index contributed by atoms with van der Waals surface area (Å²) in [5.41, 5.74) is 0. The maximum Gasteiger partial charge on any atom is 0.307 e. The fourth-order valence-corrected chi connectivity index (χ4v) is 3.18. The lowest BCUT2D eigenvalue weighted by atomic mass is 9.94. The molecule has 1 saturated carbocycles. The largest absolute Gasteiger partial charge is 0.481 e. The van der Waals surface area contributed by atoms with Crippen molar-refractivity contribution in [2.45, 2.75) is 39.5 Å². The molecular formula is C16H30N2O3. The number of rotatable bonds is 8. The van der Waals surface area contributed by atoms with Crippen LogP contribution in [0.25, 0.3) is 0 Å². The van der Waals surface area contributed by atoms with E-state index in [-0.39, 0.29) is 11.8 Å².